The SMILES string of the molecule is CN(CC(O)c1ccc([N+](=O)[O-])cc1)C(=O)OC(C)(C)C. The number of amides is 1. The fraction of sp³-hybridized carbons (Fsp3) is 0.500. The number of non-ortho nitro benzene ring substituents is 1. The van der Waals surface area contributed by atoms with Crippen LogP contribution in [-0.4, -0.2) is 40.2 Å². The number of rotatable bonds is 4. The normalized spacial score (nSPS) is 12.6. The third kappa shape index (κ3) is 5.39. The Bertz CT molecular complexity index is 507. The van der Waals surface area contributed by atoms with Gasteiger partial charge in [0.15, 0.2) is 0 Å². The summed E-state index contributed by atoms with van der Waals surface area (Å²) in [5.74, 6) is 0. The second kappa shape index (κ2) is 6.53. The lowest BCUT2D eigenvalue weighted by Crippen LogP contribution is -2.36. The lowest BCUT2D eigenvalue weighted by Gasteiger charge is -2.26. The summed E-state index contributed by atoms with van der Waals surface area (Å²) in [5.41, 5.74) is -0.161. The third-order valence-electron chi connectivity index (χ3n) is 2.64. The summed E-state index contributed by atoms with van der Waals surface area (Å²) in [6, 6.07) is 5.55. The Morgan fingerprint density at radius 3 is 2.33 bits per heavy atom. The molecule has 116 valence electrons. The molecule has 0 bridgehead atoms. The first-order chi connectivity index (χ1) is 9.60. The summed E-state index contributed by atoms with van der Waals surface area (Å²) in [4.78, 5) is 23.1. The van der Waals surface area contributed by atoms with Crippen LogP contribution in [0.3, 0.4) is 0 Å². The first kappa shape index (κ1) is 16.9. The van der Waals surface area contributed by atoms with E-state index in [0.717, 1.165) is 0 Å². The lowest BCUT2D eigenvalue weighted by atomic mass is 10.1. The highest BCUT2D eigenvalue weighted by atomic mass is 16.6. The van der Waals surface area contributed by atoms with Gasteiger partial charge in [-0.1, -0.05) is 0 Å². The minimum Gasteiger partial charge on any atom is -0.444 e. The van der Waals surface area contributed by atoms with E-state index in [1.54, 1.807) is 20.8 Å². The number of benzene rings is 1. The molecule has 1 amide bonds. The molecular formula is C14H20N2O5. The molecule has 0 saturated carbocycles. The van der Waals surface area contributed by atoms with Crippen molar-refractivity contribution in [3.63, 3.8) is 0 Å². The average Bonchev–Trinajstić information content (AvgIpc) is 2.36. The fourth-order valence-electron chi connectivity index (χ4n) is 1.60. The van der Waals surface area contributed by atoms with Crippen LogP contribution in [0.15, 0.2) is 24.3 Å². The molecule has 0 aliphatic heterocycles. The molecule has 0 aliphatic carbocycles. The van der Waals surface area contributed by atoms with E-state index in [2.05, 4.69) is 0 Å². The van der Waals surface area contributed by atoms with Gasteiger partial charge in [-0.2, -0.15) is 0 Å². The van der Waals surface area contributed by atoms with Gasteiger partial charge in [0.1, 0.15) is 5.60 Å². The van der Waals surface area contributed by atoms with Crippen LogP contribution in [-0.2, 0) is 4.74 Å². The van der Waals surface area contributed by atoms with Crippen LogP contribution in [0.5, 0.6) is 0 Å². The van der Waals surface area contributed by atoms with Crippen LogP contribution in [0.2, 0.25) is 0 Å². The summed E-state index contributed by atoms with van der Waals surface area (Å²) in [7, 11) is 1.52. The second-order valence-electron chi connectivity index (χ2n) is 5.73. The highest BCUT2D eigenvalue weighted by Gasteiger charge is 2.22. The van der Waals surface area contributed by atoms with Gasteiger partial charge in [0.25, 0.3) is 5.69 Å². The number of hydrogen-bond acceptors (Lipinski definition) is 5. The number of nitro groups is 1. The first-order valence-corrected chi connectivity index (χ1v) is 6.46. The summed E-state index contributed by atoms with van der Waals surface area (Å²) in [6.07, 6.45) is -1.48. The van der Waals surface area contributed by atoms with Crippen molar-refractivity contribution in [2.45, 2.75) is 32.5 Å². The van der Waals surface area contributed by atoms with E-state index < -0.39 is 22.7 Å². The van der Waals surface area contributed by atoms with E-state index in [0.29, 0.717) is 5.56 Å². The predicted molar refractivity (Wildman–Crippen MR) is 76.9 cm³/mol. The number of nitrogens with zero attached hydrogens (tertiary/aromatic N) is 2. The van der Waals surface area contributed by atoms with Crippen molar-refractivity contribution in [3.8, 4) is 0 Å². The maximum atomic E-state index is 11.8. The highest BCUT2D eigenvalue weighted by Crippen LogP contribution is 2.19. The van der Waals surface area contributed by atoms with Gasteiger partial charge in [-0.3, -0.25) is 10.1 Å². The molecule has 1 unspecified atom stereocenters. The number of aliphatic hydroxyl groups excluding tert-OH is 1. The van der Waals surface area contributed by atoms with Crippen molar-refractivity contribution >= 4 is 11.8 Å². The quantitative estimate of drug-likeness (QED) is 0.680. The minimum atomic E-state index is -0.941. The Hall–Kier alpha value is -2.15. The molecule has 0 heterocycles. The number of nitro benzene ring substituents is 1. The van der Waals surface area contributed by atoms with Crippen molar-refractivity contribution < 1.29 is 19.6 Å². The second-order valence-corrected chi connectivity index (χ2v) is 5.73. The zero-order valence-electron chi connectivity index (χ0n) is 12.6. The van der Waals surface area contributed by atoms with Crippen molar-refractivity contribution in [3.05, 3.63) is 39.9 Å². The molecular weight excluding hydrogens is 276 g/mol. The molecule has 21 heavy (non-hydrogen) atoms. The predicted octanol–water partition coefficient (Wildman–Crippen LogP) is 2.50. The van der Waals surface area contributed by atoms with Gasteiger partial charge in [0, 0.05) is 19.2 Å². The molecule has 0 fully saturated rings. The van der Waals surface area contributed by atoms with E-state index in [4.69, 9.17) is 4.74 Å². The summed E-state index contributed by atoms with van der Waals surface area (Å²) in [5, 5.41) is 20.6. The van der Waals surface area contributed by atoms with E-state index in [-0.39, 0.29) is 12.2 Å². The summed E-state index contributed by atoms with van der Waals surface area (Å²) < 4.78 is 5.17. The molecule has 1 aromatic rings. The Morgan fingerprint density at radius 1 is 1.38 bits per heavy atom. The van der Waals surface area contributed by atoms with Crippen molar-refractivity contribution in [2.24, 2.45) is 0 Å². The molecule has 0 aliphatic rings. The number of likely N-dealkylation sites (N-methyl/N-ethyl adjacent to an activating group) is 1. The summed E-state index contributed by atoms with van der Waals surface area (Å²) >= 11 is 0. The molecule has 1 N–H and O–H groups in total. The topological polar surface area (TPSA) is 92.9 Å². The maximum Gasteiger partial charge on any atom is 0.410 e. The van der Waals surface area contributed by atoms with Gasteiger partial charge in [0.2, 0.25) is 0 Å². The van der Waals surface area contributed by atoms with Gasteiger partial charge in [-0.15, -0.1) is 0 Å². The molecule has 1 atom stereocenters. The van der Waals surface area contributed by atoms with Gasteiger partial charge in [-0.25, -0.2) is 4.79 Å². The molecule has 7 nitrogen and oxygen atoms in total. The van der Waals surface area contributed by atoms with E-state index in [1.165, 1.54) is 36.2 Å². The van der Waals surface area contributed by atoms with Crippen LogP contribution in [0.25, 0.3) is 0 Å². The zero-order chi connectivity index (χ0) is 16.2. The molecule has 0 spiro atoms. The lowest BCUT2D eigenvalue weighted by molar-refractivity contribution is -0.384. The average molecular weight is 296 g/mol. The Kier molecular flexibility index (Phi) is 5.26. The largest absolute Gasteiger partial charge is 0.444 e. The van der Waals surface area contributed by atoms with Crippen molar-refractivity contribution in [2.75, 3.05) is 13.6 Å². The Morgan fingerprint density at radius 2 is 1.90 bits per heavy atom. The van der Waals surface area contributed by atoms with E-state index >= 15 is 0 Å². The van der Waals surface area contributed by atoms with Crippen LogP contribution < -0.4 is 0 Å². The van der Waals surface area contributed by atoms with Crippen LogP contribution >= 0.6 is 0 Å². The molecule has 1 aromatic carbocycles. The number of carbonyl (C=O) groups is 1. The van der Waals surface area contributed by atoms with Crippen molar-refractivity contribution in [1.29, 1.82) is 0 Å². The Labute approximate surface area is 123 Å². The van der Waals surface area contributed by atoms with Gasteiger partial charge in [-0.05, 0) is 38.5 Å². The maximum absolute atomic E-state index is 11.8. The van der Waals surface area contributed by atoms with Crippen LogP contribution in [0.4, 0.5) is 10.5 Å². The minimum absolute atomic E-state index is 0.0344. The molecule has 7 heteroatoms. The number of aliphatic hydroxyl groups is 1. The third-order valence-corrected chi connectivity index (χ3v) is 2.64. The van der Waals surface area contributed by atoms with Gasteiger partial charge in [0.05, 0.1) is 17.6 Å². The van der Waals surface area contributed by atoms with Crippen molar-refractivity contribution in [1.82, 2.24) is 4.90 Å². The zero-order valence-corrected chi connectivity index (χ0v) is 12.6. The summed E-state index contributed by atoms with van der Waals surface area (Å²) in [6.45, 7) is 5.30. The van der Waals surface area contributed by atoms with Gasteiger partial charge < -0.3 is 14.7 Å². The van der Waals surface area contributed by atoms with E-state index in [9.17, 15) is 20.0 Å². The molecule has 0 aromatic heterocycles. The molecule has 0 radical (unpaired) electrons. The Balaban J connectivity index is 2.65. The number of hydrogen-bond donors (Lipinski definition) is 1. The standard InChI is InChI=1S/C14H20N2O5/c1-14(2,3)21-13(18)15(4)9-12(17)10-5-7-11(8-6-10)16(19)20/h5-8,12,17H,9H2,1-4H3. The van der Waals surface area contributed by atoms with Crippen LogP contribution in [0, 0.1) is 10.1 Å². The molecule has 0 saturated heterocycles. The van der Waals surface area contributed by atoms with Crippen LogP contribution in [0.1, 0.15) is 32.4 Å². The highest BCUT2D eigenvalue weighted by molar-refractivity contribution is 5.67. The smallest absolute Gasteiger partial charge is 0.410 e. The fourth-order valence-corrected chi connectivity index (χ4v) is 1.60. The number of ether oxygens (including phenoxy) is 1. The van der Waals surface area contributed by atoms with E-state index in [1.807, 2.05) is 0 Å². The first-order valence-electron chi connectivity index (χ1n) is 6.46. The number of carbonyl (C=O) groups excluding carboxylic acids is 1. The van der Waals surface area contributed by atoms with Gasteiger partial charge >= 0.3 is 6.09 Å². The monoisotopic (exact) mass is 296 g/mol. The molecule has 1 rings (SSSR count).